The van der Waals surface area contributed by atoms with E-state index in [9.17, 15) is 13.7 Å². The van der Waals surface area contributed by atoms with Gasteiger partial charge in [0.1, 0.15) is 6.07 Å². The molecule has 0 bridgehead atoms. The Bertz CT molecular complexity index is 952. The first-order valence-electron chi connectivity index (χ1n) is 9.63. The first-order chi connectivity index (χ1) is 13.3. The molecule has 0 aliphatic carbocycles. The second-order valence-corrected chi connectivity index (χ2v) is 9.31. The van der Waals surface area contributed by atoms with Crippen molar-refractivity contribution in [2.24, 2.45) is 5.92 Å². The fraction of sp³-hybridized carbons (Fsp3) is 0.500. The van der Waals surface area contributed by atoms with Crippen molar-refractivity contribution in [2.45, 2.75) is 51.0 Å². The lowest BCUT2D eigenvalue weighted by Gasteiger charge is -2.29. The molecule has 1 aromatic carbocycles. The molecule has 0 radical (unpaired) electrons. The van der Waals surface area contributed by atoms with Crippen LogP contribution in [0, 0.1) is 17.2 Å². The number of sulfonamides is 1. The number of nitriles is 1. The zero-order chi connectivity index (χ0) is 20.3. The van der Waals surface area contributed by atoms with Gasteiger partial charge in [-0.05, 0) is 56.4 Å². The van der Waals surface area contributed by atoms with Crippen LogP contribution in [0.4, 0.5) is 5.88 Å². The fourth-order valence-electron chi connectivity index (χ4n) is 3.09. The highest BCUT2D eigenvalue weighted by Crippen LogP contribution is 2.28. The van der Waals surface area contributed by atoms with Gasteiger partial charge < -0.3 is 9.73 Å². The Morgan fingerprint density at radius 3 is 2.54 bits per heavy atom. The largest absolute Gasteiger partial charge is 0.419 e. The molecule has 1 saturated heterocycles. The lowest BCUT2D eigenvalue weighted by Crippen LogP contribution is -2.37. The van der Waals surface area contributed by atoms with Crippen molar-refractivity contribution in [3.05, 3.63) is 30.0 Å². The average molecular weight is 403 g/mol. The molecule has 0 spiro atoms. The van der Waals surface area contributed by atoms with Gasteiger partial charge in [0.05, 0.1) is 4.90 Å². The van der Waals surface area contributed by atoms with E-state index in [1.165, 1.54) is 0 Å². The number of hydrogen-bond acceptors (Lipinski definition) is 6. The monoisotopic (exact) mass is 402 g/mol. The van der Waals surface area contributed by atoms with Crippen LogP contribution < -0.4 is 5.32 Å². The van der Waals surface area contributed by atoms with Crippen LogP contribution in [0.3, 0.4) is 0 Å². The Kier molecular flexibility index (Phi) is 6.06. The summed E-state index contributed by atoms with van der Waals surface area (Å²) in [6, 6.07) is 8.65. The molecule has 2 heterocycles. The third kappa shape index (κ3) is 4.21. The average Bonchev–Trinajstić information content (AvgIpc) is 3.11. The van der Waals surface area contributed by atoms with Crippen molar-refractivity contribution >= 4 is 15.9 Å². The summed E-state index contributed by atoms with van der Waals surface area (Å²) in [4.78, 5) is 4.49. The van der Waals surface area contributed by atoms with Crippen LogP contribution >= 0.6 is 0 Å². The molecule has 1 fully saturated rings. The Balaban J connectivity index is 1.82. The van der Waals surface area contributed by atoms with E-state index in [1.54, 1.807) is 28.6 Å². The van der Waals surface area contributed by atoms with Crippen molar-refractivity contribution < 1.29 is 12.8 Å². The van der Waals surface area contributed by atoms with Crippen LogP contribution in [0.15, 0.2) is 33.6 Å². The molecule has 1 aliphatic rings. The van der Waals surface area contributed by atoms with Crippen LogP contribution in [-0.2, 0) is 10.0 Å². The normalized spacial score (nSPS) is 17.2. The number of hydrogen-bond donors (Lipinski definition) is 1. The number of oxazole rings is 1. The van der Waals surface area contributed by atoms with Gasteiger partial charge in [-0.1, -0.05) is 13.8 Å². The zero-order valence-corrected chi connectivity index (χ0v) is 17.3. The smallest absolute Gasteiger partial charge is 0.243 e. The molecular formula is C20H26N4O3S. The van der Waals surface area contributed by atoms with Crippen LogP contribution in [0.2, 0.25) is 0 Å². The molecule has 8 heteroatoms. The van der Waals surface area contributed by atoms with Crippen LogP contribution in [-0.4, -0.2) is 36.8 Å². The van der Waals surface area contributed by atoms with Gasteiger partial charge in [-0.2, -0.15) is 14.6 Å². The highest BCUT2D eigenvalue weighted by atomic mass is 32.2. The minimum atomic E-state index is -3.49. The maximum absolute atomic E-state index is 12.8. The summed E-state index contributed by atoms with van der Waals surface area (Å²) < 4.78 is 32.9. The molecule has 0 saturated carbocycles. The summed E-state index contributed by atoms with van der Waals surface area (Å²) in [7, 11) is -3.49. The molecule has 28 heavy (non-hydrogen) atoms. The summed E-state index contributed by atoms with van der Waals surface area (Å²) in [6.45, 7) is 7.28. The Morgan fingerprint density at radius 2 is 1.96 bits per heavy atom. The number of piperidine rings is 1. The maximum atomic E-state index is 12.8. The van der Waals surface area contributed by atoms with Crippen LogP contribution in [0.25, 0.3) is 11.5 Å². The summed E-state index contributed by atoms with van der Waals surface area (Å²) >= 11 is 0. The van der Waals surface area contributed by atoms with E-state index in [-0.39, 0.29) is 22.5 Å². The lowest BCUT2D eigenvalue weighted by molar-refractivity contribution is 0.288. The molecule has 0 amide bonds. The fourth-order valence-corrected chi connectivity index (χ4v) is 4.56. The van der Waals surface area contributed by atoms with Crippen molar-refractivity contribution in [3.63, 3.8) is 0 Å². The standard InChI is InChI=1S/C20H26N4O3S/c1-4-15(3)22-20-18(13-21)23-19(27-20)16-5-7-17(8-6-16)28(25,26)24-11-9-14(2)10-12-24/h5-8,14-15,22H,4,9-12H2,1-3H3/t15-/m0/s1. The van der Waals surface area contributed by atoms with E-state index in [2.05, 4.69) is 17.2 Å². The number of nitrogens with zero attached hydrogens (tertiary/aromatic N) is 3. The molecular weight excluding hydrogens is 376 g/mol. The molecule has 1 aromatic heterocycles. The highest BCUT2D eigenvalue weighted by Gasteiger charge is 2.28. The molecule has 150 valence electrons. The van der Waals surface area contributed by atoms with Gasteiger partial charge in [-0.25, -0.2) is 8.42 Å². The molecule has 0 unspecified atom stereocenters. The second-order valence-electron chi connectivity index (χ2n) is 7.37. The van der Waals surface area contributed by atoms with E-state index in [1.807, 2.05) is 19.9 Å². The Morgan fingerprint density at radius 1 is 1.32 bits per heavy atom. The highest BCUT2D eigenvalue weighted by molar-refractivity contribution is 7.89. The lowest BCUT2D eigenvalue weighted by atomic mass is 10.0. The van der Waals surface area contributed by atoms with Crippen molar-refractivity contribution in [2.75, 3.05) is 18.4 Å². The van der Waals surface area contributed by atoms with Gasteiger partial charge in [0.25, 0.3) is 0 Å². The summed E-state index contributed by atoms with van der Waals surface area (Å²) in [5.74, 6) is 1.19. The number of nitrogens with one attached hydrogen (secondary N) is 1. The predicted octanol–water partition coefficient (Wildman–Crippen LogP) is 3.84. The van der Waals surface area contributed by atoms with Crippen molar-refractivity contribution in [1.82, 2.24) is 9.29 Å². The van der Waals surface area contributed by atoms with E-state index in [0.29, 0.717) is 30.5 Å². The number of benzene rings is 1. The van der Waals surface area contributed by atoms with E-state index >= 15 is 0 Å². The van der Waals surface area contributed by atoms with Gasteiger partial charge in [-0.15, -0.1) is 0 Å². The first kappa shape index (κ1) is 20.4. The topological polar surface area (TPSA) is 99.2 Å². The van der Waals surface area contributed by atoms with Gasteiger partial charge in [0, 0.05) is 24.7 Å². The minimum absolute atomic E-state index is 0.146. The summed E-state index contributed by atoms with van der Waals surface area (Å²) in [5, 5.41) is 12.4. The third-order valence-electron chi connectivity index (χ3n) is 5.20. The van der Waals surface area contributed by atoms with E-state index in [4.69, 9.17) is 4.42 Å². The van der Waals surface area contributed by atoms with Crippen molar-refractivity contribution in [1.29, 1.82) is 5.26 Å². The number of rotatable bonds is 6. The van der Waals surface area contributed by atoms with E-state index < -0.39 is 10.0 Å². The SMILES string of the molecule is CC[C@H](C)Nc1oc(-c2ccc(S(=O)(=O)N3CCC(C)CC3)cc2)nc1C#N. The molecule has 2 aromatic rings. The third-order valence-corrected chi connectivity index (χ3v) is 7.12. The maximum Gasteiger partial charge on any atom is 0.243 e. The molecule has 7 nitrogen and oxygen atoms in total. The number of aromatic nitrogens is 1. The Labute approximate surface area is 166 Å². The summed E-state index contributed by atoms with van der Waals surface area (Å²) in [6.07, 6.45) is 2.65. The van der Waals surface area contributed by atoms with Gasteiger partial charge in [0.2, 0.25) is 27.5 Å². The second kappa shape index (κ2) is 8.33. The van der Waals surface area contributed by atoms with Gasteiger partial charge >= 0.3 is 0 Å². The number of anilines is 1. The minimum Gasteiger partial charge on any atom is -0.419 e. The molecule has 1 atom stereocenters. The van der Waals surface area contributed by atoms with Crippen LogP contribution in [0.5, 0.6) is 0 Å². The zero-order valence-electron chi connectivity index (χ0n) is 16.5. The quantitative estimate of drug-likeness (QED) is 0.788. The van der Waals surface area contributed by atoms with Gasteiger partial charge in [-0.3, -0.25) is 0 Å². The first-order valence-corrected chi connectivity index (χ1v) is 11.1. The van der Waals surface area contributed by atoms with Crippen molar-refractivity contribution in [3.8, 4) is 17.5 Å². The Hall–Kier alpha value is -2.37. The van der Waals surface area contributed by atoms with Gasteiger partial charge in [0.15, 0.2) is 0 Å². The summed E-state index contributed by atoms with van der Waals surface area (Å²) in [5.41, 5.74) is 0.814. The molecule has 1 aliphatic heterocycles. The molecule has 1 N–H and O–H groups in total. The molecule has 3 rings (SSSR count). The predicted molar refractivity (Wildman–Crippen MR) is 107 cm³/mol. The van der Waals surface area contributed by atoms with Crippen LogP contribution in [0.1, 0.15) is 45.7 Å². The van der Waals surface area contributed by atoms with E-state index in [0.717, 1.165) is 19.3 Å².